The fraction of sp³-hybridized carbons (Fsp3) is 0.267. The lowest BCUT2D eigenvalue weighted by Gasteiger charge is -2.06. The van der Waals surface area contributed by atoms with E-state index in [-0.39, 0.29) is 11.3 Å². The maximum Gasteiger partial charge on any atom is 0.251 e. The number of hydrogen-bond donors (Lipinski definition) is 2. The number of carbonyl (C=O) groups is 1. The number of anilines is 1. The number of nitrogens with zero attached hydrogens (tertiary/aromatic N) is 1. The molecule has 110 valence electrons. The maximum atomic E-state index is 11.6. The number of aryl methyl sites for hydroxylation is 1. The minimum Gasteiger partial charge on any atom is -0.398 e. The van der Waals surface area contributed by atoms with Gasteiger partial charge in [-0.2, -0.15) is 0 Å². The Labute approximate surface area is 127 Å². The molecule has 1 aromatic heterocycles. The van der Waals surface area contributed by atoms with Gasteiger partial charge in [-0.15, -0.1) is 0 Å². The Morgan fingerprint density at radius 3 is 2.76 bits per heavy atom. The molecule has 0 radical (unpaired) electrons. The lowest BCUT2D eigenvalue weighted by molar-refractivity contribution is 0.101. The van der Waals surface area contributed by atoms with E-state index in [2.05, 4.69) is 9.97 Å². The lowest BCUT2D eigenvalue weighted by atomic mass is 10.1. The molecule has 5 nitrogen and oxygen atoms in total. The van der Waals surface area contributed by atoms with Gasteiger partial charge >= 0.3 is 0 Å². The number of rotatable bonds is 5. The Kier molecular flexibility index (Phi) is 4.80. The number of carbonyl (C=O) groups excluding carboxylic acids is 1. The summed E-state index contributed by atoms with van der Waals surface area (Å²) in [5.41, 5.74) is 7.40. The highest BCUT2D eigenvalue weighted by atomic mass is 32.2. The summed E-state index contributed by atoms with van der Waals surface area (Å²) in [5, 5.41) is 0.529. The van der Waals surface area contributed by atoms with Crippen LogP contribution in [0.15, 0.2) is 39.1 Å². The van der Waals surface area contributed by atoms with Gasteiger partial charge in [0.25, 0.3) is 5.56 Å². The zero-order valence-corrected chi connectivity index (χ0v) is 12.8. The SMILES string of the molecule is CCCc1cc(=O)[nH]c(Sc2ccc(C(C)=O)c(N)c2)n1. The third-order valence-corrected chi connectivity index (χ3v) is 3.77. The van der Waals surface area contributed by atoms with Crippen LogP contribution < -0.4 is 11.3 Å². The second-order valence-corrected chi connectivity index (χ2v) is 5.76. The molecule has 0 aliphatic rings. The van der Waals surface area contributed by atoms with Crippen molar-refractivity contribution in [3.63, 3.8) is 0 Å². The van der Waals surface area contributed by atoms with Crippen molar-refractivity contribution in [3.8, 4) is 0 Å². The van der Waals surface area contributed by atoms with Crippen LogP contribution in [0.5, 0.6) is 0 Å². The first-order valence-electron chi connectivity index (χ1n) is 6.68. The second kappa shape index (κ2) is 6.58. The highest BCUT2D eigenvalue weighted by molar-refractivity contribution is 7.99. The van der Waals surface area contributed by atoms with Crippen LogP contribution in [-0.2, 0) is 6.42 Å². The van der Waals surface area contributed by atoms with E-state index in [0.717, 1.165) is 23.4 Å². The summed E-state index contributed by atoms with van der Waals surface area (Å²) in [6.45, 7) is 3.52. The lowest BCUT2D eigenvalue weighted by Crippen LogP contribution is -2.09. The van der Waals surface area contributed by atoms with Crippen molar-refractivity contribution in [2.24, 2.45) is 0 Å². The number of nitrogen functional groups attached to an aromatic ring is 1. The summed E-state index contributed by atoms with van der Waals surface area (Å²) >= 11 is 1.32. The Balaban J connectivity index is 2.28. The van der Waals surface area contributed by atoms with E-state index in [9.17, 15) is 9.59 Å². The quantitative estimate of drug-likeness (QED) is 0.503. The molecule has 0 atom stereocenters. The number of nitrogens with two attached hydrogens (primary N) is 1. The minimum absolute atomic E-state index is 0.0690. The van der Waals surface area contributed by atoms with Crippen molar-refractivity contribution in [3.05, 3.63) is 45.9 Å². The molecule has 6 heteroatoms. The van der Waals surface area contributed by atoms with Gasteiger partial charge in [-0.05, 0) is 31.5 Å². The highest BCUT2D eigenvalue weighted by Crippen LogP contribution is 2.27. The molecule has 2 rings (SSSR count). The number of Topliss-reactive ketones (excluding diaryl/α,β-unsaturated/α-hetero) is 1. The van der Waals surface area contributed by atoms with Crippen LogP contribution in [0.3, 0.4) is 0 Å². The zero-order chi connectivity index (χ0) is 15.4. The van der Waals surface area contributed by atoms with Crippen molar-refractivity contribution >= 4 is 23.2 Å². The van der Waals surface area contributed by atoms with Crippen molar-refractivity contribution in [2.45, 2.75) is 36.7 Å². The first-order valence-corrected chi connectivity index (χ1v) is 7.49. The minimum atomic E-state index is -0.163. The van der Waals surface area contributed by atoms with Crippen molar-refractivity contribution in [1.82, 2.24) is 9.97 Å². The standard InChI is InChI=1S/C15H17N3O2S/c1-3-4-10-7-14(20)18-15(17-10)21-11-5-6-12(9(2)19)13(16)8-11/h5-8H,3-4,16H2,1-2H3,(H,17,18,20). The molecule has 21 heavy (non-hydrogen) atoms. The van der Waals surface area contributed by atoms with Gasteiger partial charge < -0.3 is 10.7 Å². The van der Waals surface area contributed by atoms with Crippen LogP contribution in [0.4, 0.5) is 5.69 Å². The molecule has 0 bridgehead atoms. The van der Waals surface area contributed by atoms with E-state index < -0.39 is 0 Å². The van der Waals surface area contributed by atoms with Crippen molar-refractivity contribution < 1.29 is 4.79 Å². The largest absolute Gasteiger partial charge is 0.398 e. The third kappa shape index (κ3) is 3.95. The van der Waals surface area contributed by atoms with Gasteiger partial charge in [0, 0.05) is 27.9 Å². The number of aromatic nitrogens is 2. The first-order chi connectivity index (χ1) is 9.99. The number of H-pyrrole nitrogens is 1. The molecule has 1 heterocycles. The fourth-order valence-electron chi connectivity index (χ4n) is 1.95. The molecule has 0 aliphatic heterocycles. The Bertz CT molecular complexity index is 725. The second-order valence-electron chi connectivity index (χ2n) is 4.70. The number of aromatic amines is 1. The predicted molar refractivity (Wildman–Crippen MR) is 83.8 cm³/mol. The number of ketones is 1. The normalized spacial score (nSPS) is 10.6. The summed E-state index contributed by atoms with van der Waals surface area (Å²) in [4.78, 5) is 30.9. The fourth-order valence-corrected chi connectivity index (χ4v) is 2.81. The van der Waals surface area contributed by atoms with E-state index in [4.69, 9.17) is 5.73 Å². The van der Waals surface area contributed by atoms with E-state index in [1.165, 1.54) is 24.8 Å². The van der Waals surface area contributed by atoms with Gasteiger partial charge in [0.05, 0.1) is 0 Å². The number of hydrogen-bond acceptors (Lipinski definition) is 5. The average molecular weight is 303 g/mol. The van der Waals surface area contributed by atoms with E-state index in [1.807, 2.05) is 6.92 Å². The molecule has 2 aromatic rings. The molecular weight excluding hydrogens is 286 g/mol. The zero-order valence-electron chi connectivity index (χ0n) is 12.0. The van der Waals surface area contributed by atoms with Crippen LogP contribution in [-0.4, -0.2) is 15.8 Å². The Hall–Kier alpha value is -2.08. The highest BCUT2D eigenvalue weighted by Gasteiger charge is 2.08. The van der Waals surface area contributed by atoms with Crippen LogP contribution >= 0.6 is 11.8 Å². The van der Waals surface area contributed by atoms with E-state index in [0.29, 0.717) is 16.4 Å². The molecule has 0 saturated carbocycles. The van der Waals surface area contributed by atoms with Crippen LogP contribution in [0.1, 0.15) is 36.3 Å². The molecular formula is C15H17N3O2S. The summed E-state index contributed by atoms with van der Waals surface area (Å²) < 4.78 is 0. The summed E-state index contributed by atoms with van der Waals surface area (Å²) in [6, 6.07) is 6.72. The van der Waals surface area contributed by atoms with Crippen LogP contribution in [0.2, 0.25) is 0 Å². The molecule has 3 N–H and O–H groups in total. The third-order valence-electron chi connectivity index (χ3n) is 2.90. The van der Waals surface area contributed by atoms with Gasteiger partial charge in [0.2, 0.25) is 0 Å². The smallest absolute Gasteiger partial charge is 0.251 e. The number of benzene rings is 1. The van der Waals surface area contributed by atoms with Gasteiger partial charge in [0.1, 0.15) is 0 Å². The van der Waals surface area contributed by atoms with Crippen molar-refractivity contribution in [2.75, 3.05) is 5.73 Å². The maximum absolute atomic E-state index is 11.6. The van der Waals surface area contributed by atoms with Gasteiger partial charge in [0.15, 0.2) is 10.9 Å². The van der Waals surface area contributed by atoms with Gasteiger partial charge in [-0.3, -0.25) is 9.59 Å². The average Bonchev–Trinajstić information content (AvgIpc) is 2.37. The molecule has 0 aliphatic carbocycles. The predicted octanol–water partition coefficient (Wildman–Crippen LogP) is 2.66. The Morgan fingerprint density at radius 2 is 2.14 bits per heavy atom. The molecule has 0 fully saturated rings. The molecule has 0 spiro atoms. The Morgan fingerprint density at radius 1 is 1.38 bits per heavy atom. The van der Waals surface area contributed by atoms with Crippen LogP contribution in [0, 0.1) is 0 Å². The van der Waals surface area contributed by atoms with Crippen LogP contribution in [0.25, 0.3) is 0 Å². The topological polar surface area (TPSA) is 88.8 Å². The van der Waals surface area contributed by atoms with E-state index >= 15 is 0 Å². The summed E-state index contributed by atoms with van der Waals surface area (Å²) in [6.07, 6.45) is 1.70. The molecule has 1 aromatic carbocycles. The molecule has 0 amide bonds. The van der Waals surface area contributed by atoms with Gasteiger partial charge in [-0.1, -0.05) is 25.1 Å². The summed E-state index contributed by atoms with van der Waals surface area (Å²) in [5.74, 6) is -0.0690. The molecule has 0 unspecified atom stereocenters. The van der Waals surface area contributed by atoms with Crippen molar-refractivity contribution in [1.29, 1.82) is 0 Å². The van der Waals surface area contributed by atoms with E-state index in [1.54, 1.807) is 18.2 Å². The summed E-state index contributed by atoms with van der Waals surface area (Å²) in [7, 11) is 0. The van der Waals surface area contributed by atoms with Gasteiger partial charge in [-0.25, -0.2) is 4.98 Å². The number of nitrogens with one attached hydrogen (secondary N) is 1. The monoisotopic (exact) mass is 303 g/mol. The first kappa shape index (κ1) is 15.3. The molecule has 0 saturated heterocycles.